The van der Waals surface area contributed by atoms with Crippen molar-refractivity contribution in [1.29, 1.82) is 0 Å². The molecule has 1 aromatic carbocycles. The smallest absolute Gasteiger partial charge is 0.122 e. The largest absolute Gasteiger partial charge is 0.337 e. The van der Waals surface area contributed by atoms with Crippen LogP contribution in [0.15, 0.2) is 36.7 Å². The van der Waals surface area contributed by atoms with Crippen molar-refractivity contribution >= 4 is 21.6 Å². The molecule has 0 spiro atoms. The Bertz CT molecular complexity index is 791. The van der Waals surface area contributed by atoms with Gasteiger partial charge in [0.1, 0.15) is 10.8 Å². The van der Waals surface area contributed by atoms with E-state index in [-0.39, 0.29) is 0 Å². The number of aromatic nitrogens is 3. The lowest BCUT2D eigenvalue weighted by molar-refractivity contribution is 0.0707. The molecule has 3 heterocycles. The Kier molecular flexibility index (Phi) is 4.35. The van der Waals surface area contributed by atoms with Gasteiger partial charge in [0.05, 0.1) is 23.3 Å². The van der Waals surface area contributed by atoms with Gasteiger partial charge in [-0.25, -0.2) is 9.97 Å². The van der Waals surface area contributed by atoms with E-state index in [1.165, 1.54) is 9.71 Å². The Morgan fingerprint density at radius 3 is 2.83 bits per heavy atom. The zero-order chi connectivity index (χ0) is 16.5. The predicted molar refractivity (Wildman–Crippen MR) is 98.0 cm³/mol. The molecule has 0 saturated carbocycles. The Morgan fingerprint density at radius 2 is 2.08 bits per heavy atom. The third-order valence-electron chi connectivity index (χ3n) is 4.81. The van der Waals surface area contributed by atoms with Gasteiger partial charge in [-0.15, -0.1) is 11.3 Å². The van der Waals surface area contributed by atoms with Gasteiger partial charge in [0.15, 0.2) is 0 Å². The summed E-state index contributed by atoms with van der Waals surface area (Å²) in [5, 5.41) is 1.22. The average Bonchev–Trinajstić information content (AvgIpc) is 3.15. The van der Waals surface area contributed by atoms with Crippen molar-refractivity contribution in [2.45, 2.75) is 26.1 Å². The first-order chi connectivity index (χ1) is 11.7. The molecule has 0 radical (unpaired) electrons. The second-order valence-electron chi connectivity index (χ2n) is 6.58. The molecule has 0 amide bonds. The van der Waals surface area contributed by atoms with Gasteiger partial charge in [-0.3, -0.25) is 9.80 Å². The van der Waals surface area contributed by atoms with Crippen LogP contribution in [0, 0.1) is 0 Å². The van der Waals surface area contributed by atoms with Crippen LogP contribution in [0.4, 0.5) is 0 Å². The van der Waals surface area contributed by atoms with Crippen LogP contribution in [-0.4, -0.2) is 50.0 Å². The summed E-state index contributed by atoms with van der Waals surface area (Å²) >= 11 is 1.82. The van der Waals surface area contributed by atoms with Crippen LogP contribution >= 0.6 is 11.3 Å². The molecule has 1 aliphatic heterocycles. The van der Waals surface area contributed by atoms with E-state index in [4.69, 9.17) is 4.98 Å². The second kappa shape index (κ2) is 6.63. The zero-order valence-corrected chi connectivity index (χ0v) is 15.0. The van der Waals surface area contributed by atoms with Crippen molar-refractivity contribution in [2.24, 2.45) is 7.05 Å². The quantitative estimate of drug-likeness (QED) is 0.731. The van der Waals surface area contributed by atoms with E-state index in [1.54, 1.807) is 0 Å². The summed E-state index contributed by atoms with van der Waals surface area (Å²) in [7, 11) is 2.07. The summed E-state index contributed by atoms with van der Waals surface area (Å²) in [5.41, 5.74) is 1.12. The topological polar surface area (TPSA) is 37.2 Å². The number of aryl methyl sites for hydroxylation is 1. The van der Waals surface area contributed by atoms with Gasteiger partial charge in [0, 0.05) is 45.1 Å². The van der Waals surface area contributed by atoms with Gasteiger partial charge in [0.2, 0.25) is 0 Å². The molecule has 4 rings (SSSR count). The van der Waals surface area contributed by atoms with Crippen LogP contribution in [0.5, 0.6) is 0 Å². The summed E-state index contributed by atoms with van der Waals surface area (Å²) in [4.78, 5) is 14.3. The number of hydrogen-bond acceptors (Lipinski definition) is 5. The van der Waals surface area contributed by atoms with Gasteiger partial charge in [0.25, 0.3) is 0 Å². The minimum absolute atomic E-state index is 0.532. The molecule has 0 bridgehead atoms. The fraction of sp³-hybridized carbons (Fsp3) is 0.444. The van der Waals surface area contributed by atoms with Crippen molar-refractivity contribution in [2.75, 3.05) is 19.6 Å². The van der Waals surface area contributed by atoms with Crippen LogP contribution in [0.1, 0.15) is 17.8 Å². The molecule has 6 heteroatoms. The van der Waals surface area contributed by atoms with Crippen LogP contribution in [0.3, 0.4) is 0 Å². The monoisotopic (exact) mass is 341 g/mol. The first-order valence-electron chi connectivity index (χ1n) is 8.46. The number of imidazole rings is 1. The normalized spacial score (nSPS) is 20.0. The molecular weight excluding hydrogens is 318 g/mol. The summed E-state index contributed by atoms with van der Waals surface area (Å²) in [6.07, 6.45) is 3.90. The molecular formula is C18H23N5S. The number of nitrogens with zero attached hydrogens (tertiary/aromatic N) is 5. The molecule has 1 fully saturated rings. The van der Waals surface area contributed by atoms with Crippen molar-refractivity contribution in [3.8, 4) is 0 Å². The highest BCUT2D eigenvalue weighted by Crippen LogP contribution is 2.23. The number of rotatable bonds is 4. The van der Waals surface area contributed by atoms with E-state index in [2.05, 4.69) is 57.6 Å². The van der Waals surface area contributed by atoms with E-state index in [0.717, 1.165) is 44.1 Å². The van der Waals surface area contributed by atoms with Crippen molar-refractivity contribution < 1.29 is 0 Å². The molecule has 1 atom stereocenters. The fourth-order valence-corrected chi connectivity index (χ4v) is 4.37. The summed E-state index contributed by atoms with van der Waals surface area (Å²) in [6, 6.07) is 8.93. The molecule has 5 nitrogen and oxygen atoms in total. The first-order valence-corrected chi connectivity index (χ1v) is 9.28. The zero-order valence-electron chi connectivity index (χ0n) is 14.2. The lowest BCUT2D eigenvalue weighted by Gasteiger charge is -2.39. The maximum absolute atomic E-state index is 4.77. The molecule has 0 N–H and O–H groups in total. The third-order valence-corrected chi connectivity index (χ3v) is 5.83. The highest BCUT2D eigenvalue weighted by atomic mass is 32.1. The molecule has 0 unspecified atom stereocenters. The van der Waals surface area contributed by atoms with E-state index in [1.807, 2.05) is 23.7 Å². The average molecular weight is 341 g/mol. The molecule has 24 heavy (non-hydrogen) atoms. The lowest BCUT2D eigenvalue weighted by Crippen LogP contribution is -2.51. The van der Waals surface area contributed by atoms with Crippen molar-refractivity contribution in [3.05, 3.63) is 47.5 Å². The van der Waals surface area contributed by atoms with E-state index < -0.39 is 0 Å². The summed E-state index contributed by atoms with van der Waals surface area (Å²) in [6.45, 7) is 7.46. The van der Waals surface area contributed by atoms with Crippen LogP contribution < -0.4 is 0 Å². The Hall–Kier alpha value is -1.76. The number of thiazole rings is 1. The molecule has 1 aliphatic rings. The lowest BCUT2D eigenvalue weighted by atomic mass is 10.2. The summed E-state index contributed by atoms with van der Waals surface area (Å²) in [5.74, 6) is 1.14. The minimum atomic E-state index is 0.532. The Balaban J connectivity index is 1.38. The van der Waals surface area contributed by atoms with Crippen molar-refractivity contribution in [3.63, 3.8) is 0 Å². The van der Waals surface area contributed by atoms with Crippen LogP contribution in [0.25, 0.3) is 10.2 Å². The molecule has 126 valence electrons. The first kappa shape index (κ1) is 15.7. The van der Waals surface area contributed by atoms with Gasteiger partial charge in [-0.2, -0.15) is 0 Å². The molecule has 0 aliphatic carbocycles. The Morgan fingerprint density at radius 1 is 1.21 bits per heavy atom. The standard InChI is InChI=1S/C18H23N5S/c1-14-11-22(9-10-23(14)12-17-19-7-8-21(17)2)13-18-20-15-5-3-4-6-16(15)24-18/h3-8,14H,9-13H2,1-2H3/t14-/m1/s1. The Labute approximate surface area is 146 Å². The van der Waals surface area contributed by atoms with Gasteiger partial charge >= 0.3 is 0 Å². The second-order valence-corrected chi connectivity index (χ2v) is 7.70. The van der Waals surface area contributed by atoms with Gasteiger partial charge in [-0.05, 0) is 19.1 Å². The third kappa shape index (κ3) is 3.22. The van der Waals surface area contributed by atoms with Crippen LogP contribution in [0.2, 0.25) is 0 Å². The molecule has 2 aromatic heterocycles. The summed E-state index contributed by atoms with van der Waals surface area (Å²) < 4.78 is 3.40. The van der Waals surface area contributed by atoms with Gasteiger partial charge < -0.3 is 4.57 Å². The highest BCUT2D eigenvalue weighted by molar-refractivity contribution is 7.18. The molecule has 3 aromatic rings. The number of benzene rings is 1. The highest BCUT2D eigenvalue weighted by Gasteiger charge is 2.25. The predicted octanol–water partition coefficient (Wildman–Crippen LogP) is 2.74. The fourth-order valence-electron chi connectivity index (χ4n) is 3.36. The number of para-hydroxylation sites is 1. The number of hydrogen-bond donors (Lipinski definition) is 0. The van der Waals surface area contributed by atoms with Crippen LogP contribution in [-0.2, 0) is 20.1 Å². The van der Waals surface area contributed by atoms with E-state index >= 15 is 0 Å². The SMILES string of the molecule is C[C@@H]1CN(Cc2nc3ccccc3s2)CCN1Cc1nccn1C. The number of fused-ring (bicyclic) bond motifs is 1. The number of piperazine rings is 1. The van der Waals surface area contributed by atoms with E-state index in [0.29, 0.717) is 6.04 Å². The molecule has 1 saturated heterocycles. The van der Waals surface area contributed by atoms with E-state index in [9.17, 15) is 0 Å². The maximum atomic E-state index is 4.77. The van der Waals surface area contributed by atoms with Crippen molar-refractivity contribution in [1.82, 2.24) is 24.3 Å². The maximum Gasteiger partial charge on any atom is 0.122 e. The van der Waals surface area contributed by atoms with Gasteiger partial charge in [-0.1, -0.05) is 12.1 Å². The minimum Gasteiger partial charge on any atom is -0.337 e.